The second kappa shape index (κ2) is 8.46. The van der Waals surface area contributed by atoms with Gasteiger partial charge in [-0.3, -0.25) is 14.8 Å². The van der Waals surface area contributed by atoms with Gasteiger partial charge in [0.1, 0.15) is 5.54 Å². The van der Waals surface area contributed by atoms with E-state index >= 15 is 0 Å². The van der Waals surface area contributed by atoms with Gasteiger partial charge in [-0.25, -0.2) is 0 Å². The molecular weight excluding hydrogens is 427 g/mol. The van der Waals surface area contributed by atoms with Gasteiger partial charge in [0.15, 0.2) is 0 Å². The number of carbonyl (C=O) groups is 1. The zero-order chi connectivity index (χ0) is 23.8. The number of carbonyl (C=O) groups excluding carboxylic acids is 1. The number of hydrogen-bond acceptors (Lipinski definition) is 3. The fourth-order valence-electron chi connectivity index (χ4n) is 4.22. The molecule has 4 rings (SSSR count). The van der Waals surface area contributed by atoms with Crippen LogP contribution < -0.4 is 0 Å². The van der Waals surface area contributed by atoms with Gasteiger partial charge in [-0.15, -0.1) is 0 Å². The summed E-state index contributed by atoms with van der Waals surface area (Å²) in [6, 6.07) is 16.5. The van der Waals surface area contributed by atoms with Crippen LogP contribution in [0.4, 0.5) is 13.2 Å². The van der Waals surface area contributed by atoms with Crippen molar-refractivity contribution in [2.45, 2.75) is 44.9 Å². The molecule has 0 saturated heterocycles. The van der Waals surface area contributed by atoms with Gasteiger partial charge >= 0.3 is 6.18 Å². The Bertz CT molecular complexity index is 1310. The summed E-state index contributed by atoms with van der Waals surface area (Å²) in [5.74, 6) is -0.684. The summed E-state index contributed by atoms with van der Waals surface area (Å²) in [5, 5.41) is 1.42. The van der Waals surface area contributed by atoms with Crippen LogP contribution in [0.25, 0.3) is 21.8 Å². The highest BCUT2D eigenvalue weighted by atomic mass is 19.4. The Hall–Kier alpha value is -3.48. The molecule has 7 heteroatoms. The Balaban J connectivity index is 1.91. The molecule has 0 aliphatic heterocycles. The van der Waals surface area contributed by atoms with Crippen molar-refractivity contribution in [3.05, 3.63) is 84.2 Å². The first-order valence-electron chi connectivity index (χ1n) is 10.7. The normalized spacial score (nSPS) is 13.3. The average Bonchev–Trinajstić information content (AvgIpc) is 2.80. The summed E-state index contributed by atoms with van der Waals surface area (Å²) in [6.45, 7) is 3.90. The molecule has 0 bridgehead atoms. The van der Waals surface area contributed by atoms with Crippen LogP contribution in [0.3, 0.4) is 0 Å². The number of aromatic nitrogens is 2. The van der Waals surface area contributed by atoms with E-state index in [9.17, 15) is 18.0 Å². The molecule has 0 aliphatic carbocycles. The Morgan fingerprint density at radius 1 is 0.939 bits per heavy atom. The summed E-state index contributed by atoms with van der Waals surface area (Å²) < 4.78 is 43.0. The Morgan fingerprint density at radius 2 is 1.67 bits per heavy atom. The number of benzene rings is 2. The zero-order valence-electron chi connectivity index (χ0n) is 18.6. The van der Waals surface area contributed by atoms with E-state index in [1.54, 1.807) is 49.6 Å². The lowest BCUT2D eigenvalue weighted by Crippen LogP contribution is -2.58. The molecule has 0 fully saturated rings. The fraction of sp³-hybridized carbons (Fsp3) is 0.269. The number of para-hydroxylation sites is 1. The van der Waals surface area contributed by atoms with Crippen molar-refractivity contribution in [1.82, 2.24) is 14.9 Å². The molecule has 1 unspecified atom stereocenters. The Labute approximate surface area is 190 Å². The summed E-state index contributed by atoms with van der Waals surface area (Å²) in [5.41, 5.74) is -0.259. The van der Waals surface area contributed by atoms with E-state index in [0.717, 1.165) is 24.1 Å². The third-order valence-electron chi connectivity index (χ3n) is 6.10. The maximum Gasteiger partial charge on any atom is 0.411 e. The Kier molecular flexibility index (Phi) is 5.82. The molecule has 0 radical (unpaired) electrons. The minimum Gasteiger partial charge on any atom is -0.317 e. The molecule has 0 saturated carbocycles. The minimum absolute atomic E-state index is 0.185. The molecule has 4 nitrogen and oxygen atoms in total. The van der Waals surface area contributed by atoms with E-state index < -0.39 is 23.7 Å². The number of alkyl halides is 3. The van der Waals surface area contributed by atoms with E-state index in [-0.39, 0.29) is 5.56 Å². The van der Waals surface area contributed by atoms with Gasteiger partial charge < -0.3 is 4.90 Å². The van der Waals surface area contributed by atoms with Crippen molar-refractivity contribution in [1.29, 1.82) is 0 Å². The quantitative estimate of drug-likeness (QED) is 0.338. The third-order valence-corrected chi connectivity index (χ3v) is 6.10. The van der Waals surface area contributed by atoms with E-state index in [4.69, 9.17) is 0 Å². The van der Waals surface area contributed by atoms with Gasteiger partial charge in [0.25, 0.3) is 5.91 Å². The summed E-state index contributed by atoms with van der Waals surface area (Å²) in [7, 11) is 0. The molecule has 2 aromatic carbocycles. The van der Waals surface area contributed by atoms with Crippen LogP contribution in [0.15, 0.2) is 73.1 Å². The van der Waals surface area contributed by atoms with Crippen molar-refractivity contribution in [3.8, 4) is 0 Å². The number of halogens is 3. The van der Waals surface area contributed by atoms with E-state index in [1.807, 2.05) is 24.3 Å². The van der Waals surface area contributed by atoms with Crippen LogP contribution in [0.1, 0.15) is 49.2 Å². The van der Waals surface area contributed by atoms with Crippen molar-refractivity contribution in [3.63, 3.8) is 0 Å². The molecule has 33 heavy (non-hydrogen) atoms. The number of fused-ring (bicyclic) bond motifs is 2. The van der Waals surface area contributed by atoms with Gasteiger partial charge in [-0.1, -0.05) is 31.2 Å². The van der Waals surface area contributed by atoms with Crippen LogP contribution in [0.5, 0.6) is 0 Å². The molecule has 4 aromatic rings. The smallest absolute Gasteiger partial charge is 0.317 e. The summed E-state index contributed by atoms with van der Waals surface area (Å²) >= 11 is 0. The van der Waals surface area contributed by atoms with Crippen LogP contribution >= 0.6 is 0 Å². The predicted octanol–water partition coefficient (Wildman–Crippen LogP) is 6.72. The largest absolute Gasteiger partial charge is 0.411 e. The van der Waals surface area contributed by atoms with Gasteiger partial charge in [0, 0.05) is 28.7 Å². The fourth-order valence-corrected chi connectivity index (χ4v) is 4.22. The molecule has 170 valence electrons. The van der Waals surface area contributed by atoms with Gasteiger partial charge in [0.05, 0.1) is 17.1 Å². The SMILES string of the molecule is CCC(c1ccnc2ccccc12)N(C(=O)c1ccc2ncccc2c1)C(C)(C)C(F)(F)F. The van der Waals surface area contributed by atoms with Crippen molar-refractivity contribution < 1.29 is 18.0 Å². The molecule has 0 aliphatic rings. The average molecular weight is 451 g/mol. The van der Waals surface area contributed by atoms with E-state index in [0.29, 0.717) is 28.4 Å². The lowest BCUT2D eigenvalue weighted by molar-refractivity contribution is -0.217. The summed E-state index contributed by atoms with van der Waals surface area (Å²) in [6.07, 6.45) is -1.14. The lowest BCUT2D eigenvalue weighted by atomic mass is 9.91. The number of pyridine rings is 2. The van der Waals surface area contributed by atoms with E-state index in [1.165, 1.54) is 6.07 Å². The van der Waals surface area contributed by atoms with Crippen LogP contribution in [-0.4, -0.2) is 32.5 Å². The highest BCUT2D eigenvalue weighted by Gasteiger charge is 2.55. The first kappa shape index (κ1) is 22.7. The maximum atomic E-state index is 14.3. The van der Waals surface area contributed by atoms with Gasteiger partial charge in [0.2, 0.25) is 0 Å². The Morgan fingerprint density at radius 3 is 2.39 bits per heavy atom. The number of nitrogens with zero attached hydrogens (tertiary/aromatic N) is 3. The highest BCUT2D eigenvalue weighted by molar-refractivity contribution is 5.99. The monoisotopic (exact) mass is 451 g/mol. The second-order valence-corrected chi connectivity index (χ2v) is 8.48. The summed E-state index contributed by atoms with van der Waals surface area (Å²) in [4.78, 5) is 23.3. The molecule has 0 N–H and O–H groups in total. The topological polar surface area (TPSA) is 46.1 Å². The predicted molar refractivity (Wildman–Crippen MR) is 123 cm³/mol. The standard InChI is InChI=1S/C26H24F3N3O/c1-4-23(20-13-15-31-22-10-6-5-9-19(20)22)32(25(2,3)26(27,28)29)24(33)18-11-12-21-17(16-18)8-7-14-30-21/h5-16,23H,4H2,1-3H3. The number of rotatable bonds is 5. The van der Waals surface area contributed by atoms with Gasteiger partial charge in [-0.05, 0) is 62.2 Å². The van der Waals surface area contributed by atoms with Crippen LogP contribution in [0, 0.1) is 0 Å². The van der Waals surface area contributed by atoms with Gasteiger partial charge in [-0.2, -0.15) is 13.2 Å². The molecule has 2 heterocycles. The molecule has 1 atom stereocenters. The number of amides is 1. The molecular formula is C26H24F3N3O. The second-order valence-electron chi connectivity index (χ2n) is 8.48. The zero-order valence-corrected chi connectivity index (χ0v) is 18.6. The first-order valence-corrected chi connectivity index (χ1v) is 10.7. The number of hydrogen-bond donors (Lipinski definition) is 0. The van der Waals surface area contributed by atoms with Crippen molar-refractivity contribution >= 4 is 27.7 Å². The molecule has 2 aromatic heterocycles. The molecule has 1 amide bonds. The third kappa shape index (κ3) is 4.03. The van der Waals surface area contributed by atoms with Crippen LogP contribution in [0.2, 0.25) is 0 Å². The molecule has 0 spiro atoms. The lowest BCUT2D eigenvalue weighted by Gasteiger charge is -2.45. The van der Waals surface area contributed by atoms with Crippen molar-refractivity contribution in [2.75, 3.05) is 0 Å². The maximum absolute atomic E-state index is 14.3. The highest BCUT2D eigenvalue weighted by Crippen LogP contribution is 2.43. The van der Waals surface area contributed by atoms with Crippen LogP contribution in [-0.2, 0) is 0 Å². The van der Waals surface area contributed by atoms with E-state index in [2.05, 4.69) is 9.97 Å². The minimum atomic E-state index is -4.64. The first-order chi connectivity index (χ1) is 15.6. The van der Waals surface area contributed by atoms with Crippen molar-refractivity contribution in [2.24, 2.45) is 0 Å².